The van der Waals surface area contributed by atoms with E-state index in [0.29, 0.717) is 0 Å². The number of anilines is 1. The topological polar surface area (TPSA) is 64.4 Å². The fourth-order valence-corrected chi connectivity index (χ4v) is 1.79. The summed E-state index contributed by atoms with van der Waals surface area (Å²) >= 11 is 0. The Morgan fingerprint density at radius 2 is 2.24 bits per heavy atom. The molecule has 1 heterocycles. The molecule has 17 heavy (non-hydrogen) atoms. The summed E-state index contributed by atoms with van der Waals surface area (Å²) in [6.45, 7) is 5.39. The lowest BCUT2D eigenvalue weighted by Crippen LogP contribution is -2.45. The molecule has 0 saturated heterocycles. The third-order valence-electron chi connectivity index (χ3n) is 2.74. The molecule has 0 aliphatic carbocycles. The molecular weight excluding hydrogens is 216 g/mol. The standard InChI is InChI=1S/C13H18N2O2/c1-8-6-9-7-10(4-5-11(9)17-8)15-12(16)13(2,3)14/h4-5,7-8H,6,14H2,1-3H3,(H,15,16). The summed E-state index contributed by atoms with van der Waals surface area (Å²) in [6.07, 6.45) is 1.09. The number of benzene rings is 1. The van der Waals surface area contributed by atoms with Crippen LogP contribution in [0.5, 0.6) is 5.75 Å². The second-order valence-corrected chi connectivity index (χ2v) is 5.13. The maximum atomic E-state index is 11.7. The number of amides is 1. The highest BCUT2D eigenvalue weighted by Crippen LogP contribution is 2.31. The van der Waals surface area contributed by atoms with Crippen LogP contribution in [0.4, 0.5) is 5.69 Å². The molecule has 0 bridgehead atoms. The number of carbonyl (C=O) groups excluding carboxylic acids is 1. The van der Waals surface area contributed by atoms with Crippen LogP contribution in [0.1, 0.15) is 26.3 Å². The molecule has 2 rings (SSSR count). The van der Waals surface area contributed by atoms with Crippen molar-refractivity contribution in [1.29, 1.82) is 0 Å². The first-order valence-electron chi connectivity index (χ1n) is 5.76. The predicted molar refractivity (Wildman–Crippen MR) is 67.1 cm³/mol. The molecule has 0 saturated carbocycles. The van der Waals surface area contributed by atoms with Gasteiger partial charge in [0.25, 0.3) is 0 Å². The summed E-state index contributed by atoms with van der Waals surface area (Å²) < 4.78 is 5.60. The van der Waals surface area contributed by atoms with Gasteiger partial charge in [-0.15, -0.1) is 0 Å². The lowest BCUT2D eigenvalue weighted by atomic mass is 10.1. The van der Waals surface area contributed by atoms with Crippen molar-refractivity contribution in [3.05, 3.63) is 23.8 Å². The number of hydrogen-bond donors (Lipinski definition) is 2. The summed E-state index contributed by atoms with van der Waals surface area (Å²) in [4.78, 5) is 11.7. The van der Waals surface area contributed by atoms with Gasteiger partial charge in [-0.25, -0.2) is 0 Å². The first kappa shape index (κ1) is 11.9. The van der Waals surface area contributed by atoms with Crippen LogP contribution in [0.15, 0.2) is 18.2 Å². The minimum absolute atomic E-state index is 0.190. The van der Waals surface area contributed by atoms with Crippen LogP contribution in [0.3, 0.4) is 0 Å². The molecule has 3 N–H and O–H groups in total. The largest absolute Gasteiger partial charge is 0.490 e. The second-order valence-electron chi connectivity index (χ2n) is 5.13. The van der Waals surface area contributed by atoms with E-state index in [2.05, 4.69) is 5.32 Å². The Bertz CT molecular complexity index is 449. The van der Waals surface area contributed by atoms with Crippen LogP contribution in [-0.4, -0.2) is 17.6 Å². The SMILES string of the molecule is CC1Cc2cc(NC(=O)C(C)(C)N)ccc2O1. The van der Waals surface area contributed by atoms with Gasteiger partial charge in [-0.05, 0) is 44.5 Å². The molecule has 1 atom stereocenters. The Morgan fingerprint density at radius 1 is 1.53 bits per heavy atom. The fourth-order valence-electron chi connectivity index (χ4n) is 1.79. The summed E-state index contributed by atoms with van der Waals surface area (Å²) in [7, 11) is 0. The van der Waals surface area contributed by atoms with Crippen molar-refractivity contribution in [3.63, 3.8) is 0 Å². The number of ether oxygens (including phenoxy) is 1. The zero-order valence-corrected chi connectivity index (χ0v) is 10.4. The third kappa shape index (κ3) is 2.58. The molecular formula is C13H18N2O2. The first-order chi connectivity index (χ1) is 7.86. The molecule has 1 amide bonds. The van der Waals surface area contributed by atoms with E-state index in [9.17, 15) is 4.79 Å². The zero-order valence-electron chi connectivity index (χ0n) is 10.4. The van der Waals surface area contributed by atoms with Gasteiger partial charge in [0.1, 0.15) is 11.9 Å². The average molecular weight is 234 g/mol. The van der Waals surface area contributed by atoms with Crippen molar-refractivity contribution < 1.29 is 9.53 Å². The number of nitrogens with one attached hydrogen (secondary N) is 1. The highest BCUT2D eigenvalue weighted by atomic mass is 16.5. The molecule has 0 fully saturated rings. The van der Waals surface area contributed by atoms with E-state index in [1.807, 2.05) is 25.1 Å². The smallest absolute Gasteiger partial charge is 0.243 e. The average Bonchev–Trinajstić information content (AvgIpc) is 2.55. The van der Waals surface area contributed by atoms with Gasteiger partial charge >= 0.3 is 0 Å². The predicted octanol–water partition coefficient (Wildman–Crippen LogP) is 1.69. The second kappa shape index (κ2) is 4.04. The zero-order chi connectivity index (χ0) is 12.6. The Hall–Kier alpha value is -1.55. The highest BCUT2D eigenvalue weighted by Gasteiger charge is 2.23. The van der Waals surface area contributed by atoms with Crippen molar-refractivity contribution >= 4 is 11.6 Å². The Balaban J connectivity index is 2.15. The molecule has 1 aliphatic rings. The summed E-state index contributed by atoms with van der Waals surface area (Å²) in [5.74, 6) is 0.715. The monoisotopic (exact) mass is 234 g/mol. The molecule has 4 nitrogen and oxygen atoms in total. The number of rotatable bonds is 2. The van der Waals surface area contributed by atoms with Crippen molar-refractivity contribution in [2.24, 2.45) is 5.73 Å². The quantitative estimate of drug-likeness (QED) is 0.818. The maximum Gasteiger partial charge on any atom is 0.243 e. The molecule has 92 valence electrons. The van der Waals surface area contributed by atoms with E-state index in [0.717, 1.165) is 23.4 Å². The van der Waals surface area contributed by atoms with Gasteiger partial charge in [0, 0.05) is 12.1 Å². The van der Waals surface area contributed by atoms with E-state index < -0.39 is 5.54 Å². The minimum atomic E-state index is -0.872. The maximum absolute atomic E-state index is 11.7. The van der Waals surface area contributed by atoms with Crippen LogP contribution in [-0.2, 0) is 11.2 Å². The number of hydrogen-bond acceptors (Lipinski definition) is 3. The Kier molecular flexibility index (Phi) is 2.83. The van der Waals surface area contributed by atoms with Crippen LogP contribution < -0.4 is 15.8 Å². The molecule has 0 radical (unpaired) electrons. The number of carbonyl (C=O) groups is 1. The molecule has 0 spiro atoms. The van der Waals surface area contributed by atoms with Gasteiger partial charge in [-0.2, -0.15) is 0 Å². The third-order valence-corrected chi connectivity index (χ3v) is 2.74. The minimum Gasteiger partial charge on any atom is -0.490 e. The highest BCUT2D eigenvalue weighted by molar-refractivity contribution is 5.97. The van der Waals surface area contributed by atoms with Gasteiger partial charge in [0.05, 0.1) is 5.54 Å². The van der Waals surface area contributed by atoms with Crippen LogP contribution in [0, 0.1) is 0 Å². The van der Waals surface area contributed by atoms with Gasteiger partial charge in [0.15, 0.2) is 0 Å². The van der Waals surface area contributed by atoms with E-state index in [1.54, 1.807) is 13.8 Å². The summed E-state index contributed by atoms with van der Waals surface area (Å²) in [5, 5.41) is 2.81. The molecule has 4 heteroatoms. The molecule has 1 aromatic carbocycles. The molecule has 1 aliphatic heterocycles. The van der Waals surface area contributed by atoms with E-state index >= 15 is 0 Å². The van der Waals surface area contributed by atoms with Crippen molar-refractivity contribution in [1.82, 2.24) is 0 Å². The van der Waals surface area contributed by atoms with Crippen molar-refractivity contribution in [2.75, 3.05) is 5.32 Å². The van der Waals surface area contributed by atoms with Crippen LogP contribution >= 0.6 is 0 Å². The number of nitrogens with two attached hydrogens (primary N) is 1. The summed E-state index contributed by atoms with van der Waals surface area (Å²) in [6, 6.07) is 5.67. The molecule has 1 unspecified atom stereocenters. The van der Waals surface area contributed by atoms with E-state index in [-0.39, 0.29) is 12.0 Å². The van der Waals surface area contributed by atoms with Crippen LogP contribution in [0.2, 0.25) is 0 Å². The van der Waals surface area contributed by atoms with Gasteiger partial charge in [-0.1, -0.05) is 0 Å². The first-order valence-corrected chi connectivity index (χ1v) is 5.76. The molecule has 1 aromatic rings. The Morgan fingerprint density at radius 3 is 2.88 bits per heavy atom. The van der Waals surface area contributed by atoms with Gasteiger partial charge in [-0.3, -0.25) is 4.79 Å². The van der Waals surface area contributed by atoms with Crippen LogP contribution in [0.25, 0.3) is 0 Å². The van der Waals surface area contributed by atoms with Gasteiger partial charge in [0.2, 0.25) is 5.91 Å². The fraction of sp³-hybridized carbons (Fsp3) is 0.462. The van der Waals surface area contributed by atoms with Crippen molar-refractivity contribution in [3.8, 4) is 5.75 Å². The Labute approximate surface area is 101 Å². The lowest BCUT2D eigenvalue weighted by molar-refractivity contribution is -0.120. The lowest BCUT2D eigenvalue weighted by Gasteiger charge is -2.18. The van der Waals surface area contributed by atoms with Crippen molar-refractivity contribution in [2.45, 2.75) is 38.8 Å². The number of fused-ring (bicyclic) bond motifs is 1. The molecule has 0 aromatic heterocycles. The summed E-state index contributed by atoms with van der Waals surface area (Å²) in [5.41, 5.74) is 6.75. The normalized spacial score (nSPS) is 18.5. The van der Waals surface area contributed by atoms with E-state index in [1.165, 1.54) is 0 Å². The van der Waals surface area contributed by atoms with E-state index in [4.69, 9.17) is 10.5 Å². The van der Waals surface area contributed by atoms with Gasteiger partial charge < -0.3 is 15.8 Å².